The first kappa shape index (κ1) is 17.5. The van der Waals surface area contributed by atoms with E-state index in [-0.39, 0.29) is 23.4 Å². The van der Waals surface area contributed by atoms with E-state index in [9.17, 15) is 4.79 Å². The lowest BCUT2D eigenvalue weighted by atomic mass is 9.66. The highest BCUT2D eigenvalue weighted by Gasteiger charge is 2.47. The van der Waals surface area contributed by atoms with Crippen molar-refractivity contribution in [3.63, 3.8) is 0 Å². The van der Waals surface area contributed by atoms with Crippen molar-refractivity contribution < 1.29 is 14.3 Å². The molecular formula is C19H32O3. The minimum atomic E-state index is -0.656. The van der Waals surface area contributed by atoms with Crippen molar-refractivity contribution >= 4 is 5.97 Å². The van der Waals surface area contributed by atoms with Crippen molar-refractivity contribution in [2.75, 3.05) is 0 Å². The zero-order chi connectivity index (χ0) is 16.5. The molecule has 2 aliphatic rings. The van der Waals surface area contributed by atoms with E-state index in [2.05, 4.69) is 20.4 Å². The predicted octanol–water partition coefficient (Wildman–Crippen LogP) is 4.71. The summed E-state index contributed by atoms with van der Waals surface area (Å²) in [5.74, 6) is 0.524. The Morgan fingerprint density at radius 1 is 1.36 bits per heavy atom. The molecule has 0 spiro atoms. The molecule has 1 heterocycles. The van der Waals surface area contributed by atoms with Crippen molar-refractivity contribution in [2.45, 2.75) is 79.1 Å². The van der Waals surface area contributed by atoms with Gasteiger partial charge in [-0.1, -0.05) is 46.6 Å². The van der Waals surface area contributed by atoms with E-state index in [1.165, 1.54) is 19.3 Å². The number of carbonyl (C=O) groups excluding carboxylic acids is 1. The van der Waals surface area contributed by atoms with Crippen LogP contribution in [0.5, 0.6) is 0 Å². The molecule has 1 aliphatic carbocycles. The maximum absolute atomic E-state index is 12.6. The molecule has 0 aromatic heterocycles. The normalized spacial score (nSPS) is 33.6. The van der Waals surface area contributed by atoms with Gasteiger partial charge in [-0.05, 0) is 37.0 Å². The second-order valence-corrected chi connectivity index (χ2v) is 8.23. The van der Waals surface area contributed by atoms with Crippen LogP contribution in [0.4, 0.5) is 0 Å². The Bertz CT molecular complexity index is 426. The zero-order valence-electron chi connectivity index (χ0n) is 14.9. The van der Waals surface area contributed by atoms with Gasteiger partial charge in [-0.25, -0.2) is 0 Å². The Morgan fingerprint density at radius 3 is 2.59 bits per heavy atom. The van der Waals surface area contributed by atoms with E-state index in [1.54, 1.807) is 6.08 Å². The van der Waals surface area contributed by atoms with E-state index in [4.69, 9.17) is 9.47 Å². The van der Waals surface area contributed by atoms with Gasteiger partial charge in [0.15, 0.2) is 0 Å². The third kappa shape index (κ3) is 3.24. The SMILES string of the molecule is C=CC(C)(C(=O)OC1CC(C)(C)C2CCCCC2O1)C(C)C. The maximum Gasteiger partial charge on any atom is 0.318 e. The van der Waals surface area contributed by atoms with Gasteiger partial charge in [-0.15, -0.1) is 6.58 Å². The van der Waals surface area contributed by atoms with Crippen LogP contribution in [0.25, 0.3) is 0 Å². The van der Waals surface area contributed by atoms with E-state index >= 15 is 0 Å². The first-order valence-electron chi connectivity index (χ1n) is 8.71. The highest BCUT2D eigenvalue weighted by Crippen LogP contribution is 2.47. The van der Waals surface area contributed by atoms with E-state index < -0.39 is 11.7 Å². The van der Waals surface area contributed by atoms with Crippen molar-refractivity contribution in [1.29, 1.82) is 0 Å². The molecule has 0 aromatic carbocycles. The van der Waals surface area contributed by atoms with Gasteiger partial charge in [0.05, 0.1) is 11.5 Å². The average molecular weight is 308 g/mol. The zero-order valence-corrected chi connectivity index (χ0v) is 14.9. The van der Waals surface area contributed by atoms with E-state index in [0.717, 1.165) is 12.8 Å². The fraction of sp³-hybridized carbons (Fsp3) is 0.842. The van der Waals surface area contributed by atoms with Crippen molar-refractivity contribution in [3.05, 3.63) is 12.7 Å². The number of esters is 1. The minimum absolute atomic E-state index is 0.150. The molecule has 3 heteroatoms. The topological polar surface area (TPSA) is 35.5 Å². The molecule has 4 unspecified atom stereocenters. The van der Waals surface area contributed by atoms with Crippen LogP contribution in [-0.4, -0.2) is 18.4 Å². The number of hydrogen-bond acceptors (Lipinski definition) is 3. The molecule has 1 aliphatic heterocycles. The van der Waals surface area contributed by atoms with Gasteiger partial charge >= 0.3 is 5.97 Å². The number of rotatable bonds is 4. The van der Waals surface area contributed by atoms with Crippen molar-refractivity contribution in [1.82, 2.24) is 0 Å². The van der Waals surface area contributed by atoms with Crippen LogP contribution in [0.15, 0.2) is 12.7 Å². The van der Waals surface area contributed by atoms with Crippen molar-refractivity contribution in [3.8, 4) is 0 Å². The third-order valence-corrected chi connectivity index (χ3v) is 6.03. The average Bonchev–Trinajstić information content (AvgIpc) is 2.45. The molecule has 0 aromatic rings. The number of fused-ring (bicyclic) bond motifs is 1. The van der Waals surface area contributed by atoms with Gasteiger partial charge in [0.2, 0.25) is 6.29 Å². The first-order chi connectivity index (χ1) is 10.2. The van der Waals surface area contributed by atoms with Crippen LogP contribution in [0.3, 0.4) is 0 Å². The molecule has 0 radical (unpaired) electrons. The fourth-order valence-corrected chi connectivity index (χ4v) is 3.85. The molecule has 1 saturated heterocycles. The Morgan fingerprint density at radius 2 is 2.00 bits per heavy atom. The Kier molecular flexibility index (Phi) is 5.06. The Hall–Kier alpha value is -0.830. The molecule has 22 heavy (non-hydrogen) atoms. The first-order valence-corrected chi connectivity index (χ1v) is 8.71. The molecule has 1 saturated carbocycles. The molecular weight excluding hydrogens is 276 g/mol. The van der Waals surface area contributed by atoms with E-state index in [1.807, 2.05) is 20.8 Å². The summed E-state index contributed by atoms with van der Waals surface area (Å²) in [6.07, 6.45) is 7.14. The maximum atomic E-state index is 12.6. The molecule has 0 amide bonds. The van der Waals surface area contributed by atoms with Gasteiger partial charge in [-0.3, -0.25) is 4.79 Å². The van der Waals surface area contributed by atoms with Crippen LogP contribution in [0.1, 0.15) is 66.7 Å². The van der Waals surface area contributed by atoms with Crippen LogP contribution in [0, 0.1) is 22.7 Å². The molecule has 4 atom stereocenters. The molecule has 126 valence electrons. The van der Waals surface area contributed by atoms with Gasteiger partial charge < -0.3 is 9.47 Å². The highest BCUT2D eigenvalue weighted by atomic mass is 16.7. The van der Waals surface area contributed by atoms with Crippen LogP contribution < -0.4 is 0 Å². The number of ether oxygens (including phenoxy) is 2. The molecule has 0 N–H and O–H groups in total. The lowest BCUT2D eigenvalue weighted by molar-refractivity contribution is -0.247. The highest BCUT2D eigenvalue weighted by molar-refractivity contribution is 5.79. The van der Waals surface area contributed by atoms with Crippen LogP contribution >= 0.6 is 0 Å². The van der Waals surface area contributed by atoms with Gasteiger partial charge in [0.25, 0.3) is 0 Å². The quantitative estimate of drug-likeness (QED) is 0.557. The predicted molar refractivity (Wildman–Crippen MR) is 88.3 cm³/mol. The summed E-state index contributed by atoms with van der Waals surface area (Å²) in [5.41, 5.74) is -0.492. The summed E-state index contributed by atoms with van der Waals surface area (Å²) < 4.78 is 11.9. The fourth-order valence-electron chi connectivity index (χ4n) is 3.85. The second kappa shape index (κ2) is 6.35. The summed E-state index contributed by atoms with van der Waals surface area (Å²) in [7, 11) is 0. The summed E-state index contributed by atoms with van der Waals surface area (Å²) in [6.45, 7) is 14.3. The largest absolute Gasteiger partial charge is 0.435 e. The minimum Gasteiger partial charge on any atom is -0.435 e. The summed E-state index contributed by atoms with van der Waals surface area (Å²) in [4.78, 5) is 12.6. The summed E-state index contributed by atoms with van der Waals surface area (Å²) in [5, 5.41) is 0. The smallest absolute Gasteiger partial charge is 0.318 e. The molecule has 3 nitrogen and oxygen atoms in total. The van der Waals surface area contributed by atoms with Crippen LogP contribution in [-0.2, 0) is 14.3 Å². The Balaban J connectivity index is 2.07. The third-order valence-electron chi connectivity index (χ3n) is 6.03. The monoisotopic (exact) mass is 308 g/mol. The Labute approximate surface area is 135 Å². The van der Waals surface area contributed by atoms with Crippen LogP contribution in [0.2, 0.25) is 0 Å². The molecule has 2 rings (SSSR count). The molecule has 2 fully saturated rings. The van der Waals surface area contributed by atoms with Gasteiger partial charge in [0.1, 0.15) is 0 Å². The van der Waals surface area contributed by atoms with E-state index in [0.29, 0.717) is 5.92 Å². The lowest BCUT2D eigenvalue weighted by Crippen LogP contribution is -2.49. The molecule has 0 bridgehead atoms. The lowest BCUT2D eigenvalue weighted by Gasteiger charge is -2.49. The standard InChI is InChI=1S/C19H32O3/c1-7-19(6,13(2)3)17(20)22-16-12-18(4,5)14-10-8-9-11-15(14)21-16/h7,13-16H,1,8-12H2,2-6H3. The van der Waals surface area contributed by atoms with Crippen molar-refractivity contribution in [2.24, 2.45) is 22.7 Å². The van der Waals surface area contributed by atoms with Gasteiger partial charge in [0, 0.05) is 6.42 Å². The van der Waals surface area contributed by atoms with Gasteiger partial charge in [-0.2, -0.15) is 0 Å². The summed E-state index contributed by atoms with van der Waals surface area (Å²) in [6, 6.07) is 0. The second-order valence-electron chi connectivity index (χ2n) is 8.23. The number of hydrogen-bond donors (Lipinski definition) is 0. The summed E-state index contributed by atoms with van der Waals surface area (Å²) >= 11 is 0. The number of carbonyl (C=O) groups is 1.